The number of ether oxygens (including phenoxy) is 1. The van der Waals surface area contributed by atoms with E-state index in [0.29, 0.717) is 26.1 Å². The van der Waals surface area contributed by atoms with Gasteiger partial charge in [0.1, 0.15) is 0 Å². The van der Waals surface area contributed by atoms with Gasteiger partial charge in [-0.2, -0.15) is 0 Å². The lowest BCUT2D eigenvalue weighted by Gasteiger charge is -2.12. The average Bonchev–Trinajstić information content (AvgIpc) is 2.24. The number of carbonyl (C=O) groups is 1. The highest BCUT2D eigenvalue weighted by Crippen LogP contribution is 1.96. The van der Waals surface area contributed by atoms with E-state index < -0.39 is 6.10 Å². The molecule has 2 atom stereocenters. The van der Waals surface area contributed by atoms with Crippen LogP contribution in [0.15, 0.2) is 0 Å². The number of nitrogens with one attached hydrogen (secondary N) is 1. The van der Waals surface area contributed by atoms with Crippen molar-refractivity contribution in [2.24, 2.45) is 0 Å². The van der Waals surface area contributed by atoms with Gasteiger partial charge in [-0.25, -0.2) is 0 Å². The maximum atomic E-state index is 11.0. The predicted molar refractivity (Wildman–Crippen MR) is 61.0 cm³/mol. The van der Waals surface area contributed by atoms with E-state index in [9.17, 15) is 15.0 Å². The van der Waals surface area contributed by atoms with Gasteiger partial charge in [-0.1, -0.05) is 6.92 Å². The molecule has 0 saturated heterocycles. The monoisotopic (exact) mass is 233 g/mol. The van der Waals surface area contributed by atoms with Gasteiger partial charge in [-0.15, -0.1) is 0 Å². The molecule has 16 heavy (non-hydrogen) atoms. The minimum Gasteiger partial charge on any atom is -0.466 e. The lowest BCUT2D eigenvalue weighted by atomic mass is 10.2. The number of aliphatic hydroxyl groups is 2. The fourth-order valence-corrected chi connectivity index (χ4v) is 1.23. The summed E-state index contributed by atoms with van der Waals surface area (Å²) in [4.78, 5) is 11.0. The first-order chi connectivity index (χ1) is 7.60. The quantitative estimate of drug-likeness (QED) is 0.387. The Morgan fingerprint density at radius 1 is 1.31 bits per heavy atom. The molecule has 0 heterocycles. The van der Waals surface area contributed by atoms with Crippen LogP contribution in [-0.2, 0) is 9.53 Å². The molecule has 0 aliphatic rings. The van der Waals surface area contributed by atoms with Gasteiger partial charge >= 0.3 is 5.97 Å². The summed E-state index contributed by atoms with van der Waals surface area (Å²) in [5.41, 5.74) is 0. The topological polar surface area (TPSA) is 78.8 Å². The van der Waals surface area contributed by atoms with Crippen LogP contribution in [0.1, 0.15) is 33.1 Å². The van der Waals surface area contributed by atoms with Crippen molar-refractivity contribution in [2.75, 3.05) is 19.7 Å². The van der Waals surface area contributed by atoms with Crippen molar-refractivity contribution in [3.63, 3.8) is 0 Å². The third-order valence-corrected chi connectivity index (χ3v) is 2.21. The smallest absolute Gasteiger partial charge is 0.308 e. The van der Waals surface area contributed by atoms with Crippen LogP contribution in [0, 0.1) is 0 Å². The molecular weight excluding hydrogens is 210 g/mol. The molecule has 0 spiro atoms. The van der Waals surface area contributed by atoms with Gasteiger partial charge in [-0.05, 0) is 26.3 Å². The summed E-state index contributed by atoms with van der Waals surface area (Å²) < 4.78 is 4.71. The summed E-state index contributed by atoms with van der Waals surface area (Å²) in [5, 5.41) is 21.7. The molecule has 0 aliphatic heterocycles. The first-order valence-electron chi connectivity index (χ1n) is 5.82. The Labute approximate surface area is 96.8 Å². The van der Waals surface area contributed by atoms with E-state index in [0.717, 1.165) is 6.42 Å². The van der Waals surface area contributed by atoms with Crippen LogP contribution in [0.5, 0.6) is 0 Å². The summed E-state index contributed by atoms with van der Waals surface area (Å²) >= 11 is 0. The zero-order valence-corrected chi connectivity index (χ0v) is 10.1. The molecule has 0 bridgehead atoms. The lowest BCUT2D eigenvalue weighted by Crippen LogP contribution is -2.31. The maximum Gasteiger partial charge on any atom is 0.308 e. The van der Waals surface area contributed by atoms with Gasteiger partial charge in [0.05, 0.1) is 25.2 Å². The molecule has 0 aromatic rings. The fraction of sp³-hybridized carbons (Fsp3) is 0.909. The standard InChI is InChI=1S/C11H23NO4/c1-3-9(13)5-6-12-8-10(14)7-11(15)16-4-2/h9-10,12-14H,3-8H2,1-2H3. The Hall–Kier alpha value is -0.650. The summed E-state index contributed by atoms with van der Waals surface area (Å²) in [6, 6.07) is 0. The normalized spacial score (nSPS) is 14.5. The summed E-state index contributed by atoms with van der Waals surface area (Å²) in [6.45, 7) is 4.96. The predicted octanol–water partition coefficient (Wildman–Crippen LogP) is 0.0511. The minimum absolute atomic E-state index is 0.0111. The average molecular weight is 233 g/mol. The molecule has 0 fully saturated rings. The Morgan fingerprint density at radius 2 is 2.00 bits per heavy atom. The first kappa shape index (κ1) is 15.3. The van der Waals surface area contributed by atoms with E-state index in [-0.39, 0.29) is 18.5 Å². The molecule has 5 nitrogen and oxygen atoms in total. The third kappa shape index (κ3) is 8.64. The summed E-state index contributed by atoms with van der Waals surface area (Å²) in [5.74, 6) is -0.384. The van der Waals surface area contributed by atoms with Crippen LogP contribution in [0.4, 0.5) is 0 Å². The van der Waals surface area contributed by atoms with E-state index in [1.807, 2.05) is 6.92 Å². The molecule has 0 radical (unpaired) electrons. The molecular formula is C11H23NO4. The second kappa shape index (κ2) is 9.57. The number of hydrogen-bond donors (Lipinski definition) is 3. The highest BCUT2D eigenvalue weighted by molar-refractivity contribution is 5.69. The van der Waals surface area contributed by atoms with Crippen LogP contribution in [0.25, 0.3) is 0 Å². The molecule has 0 aromatic heterocycles. The van der Waals surface area contributed by atoms with Crippen LogP contribution >= 0.6 is 0 Å². The number of esters is 1. The van der Waals surface area contributed by atoms with Crippen molar-refractivity contribution >= 4 is 5.97 Å². The van der Waals surface area contributed by atoms with E-state index in [2.05, 4.69) is 5.32 Å². The third-order valence-electron chi connectivity index (χ3n) is 2.21. The Bertz CT molecular complexity index is 187. The lowest BCUT2D eigenvalue weighted by molar-refractivity contribution is -0.145. The van der Waals surface area contributed by atoms with E-state index in [1.54, 1.807) is 6.92 Å². The van der Waals surface area contributed by atoms with Crippen molar-refractivity contribution < 1.29 is 19.7 Å². The van der Waals surface area contributed by atoms with Crippen molar-refractivity contribution in [2.45, 2.75) is 45.3 Å². The van der Waals surface area contributed by atoms with E-state index in [4.69, 9.17) is 4.74 Å². The molecule has 0 aliphatic carbocycles. The Balaban J connectivity index is 3.43. The zero-order chi connectivity index (χ0) is 12.4. The van der Waals surface area contributed by atoms with Gasteiger partial charge in [0.15, 0.2) is 0 Å². The fourth-order valence-electron chi connectivity index (χ4n) is 1.23. The molecule has 5 heteroatoms. The Kier molecular flexibility index (Phi) is 9.18. The molecule has 96 valence electrons. The van der Waals surface area contributed by atoms with Crippen LogP contribution in [0.3, 0.4) is 0 Å². The summed E-state index contributed by atoms with van der Waals surface area (Å²) in [6.07, 6.45) is 0.375. The second-order valence-electron chi connectivity index (χ2n) is 3.72. The second-order valence-corrected chi connectivity index (χ2v) is 3.72. The van der Waals surface area contributed by atoms with Crippen molar-refractivity contribution in [1.29, 1.82) is 0 Å². The first-order valence-corrected chi connectivity index (χ1v) is 5.82. The van der Waals surface area contributed by atoms with Gasteiger partial charge < -0.3 is 20.3 Å². The van der Waals surface area contributed by atoms with E-state index in [1.165, 1.54) is 0 Å². The van der Waals surface area contributed by atoms with Crippen LogP contribution < -0.4 is 5.32 Å². The largest absolute Gasteiger partial charge is 0.466 e. The number of carbonyl (C=O) groups excluding carboxylic acids is 1. The van der Waals surface area contributed by atoms with Gasteiger partial charge in [0.2, 0.25) is 0 Å². The molecule has 0 amide bonds. The van der Waals surface area contributed by atoms with Crippen LogP contribution in [-0.4, -0.2) is 48.1 Å². The minimum atomic E-state index is -0.724. The van der Waals surface area contributed by atoms with Crippen molar-refractivity contribution in [1.82, 2.24) is 5.32 Å². The molecule has 0 aromatic carbocycles. The number of hydrogen-bond acceptors (Lipinski definition) is 5. The van der Waals surface area contributed by atoms with E-state index >= 15 is 0 Å². The highest BCUT2D eigenvalue weighted by atomic mass is 16.5. The Morgan fingerprint density at radius 3 is 2.56 bits per heavy atom. The summed E-state index contributed by atoms with van der Waals surface area (Å²) in [7, 11) is 0. The zero-order valence-electron chi connectivity index (χ0n) is 10.1. The molecule has 0 saturated carbocycles. The SMILES string of the molecule is CCOC(=O)CC(O)CNCCC(O)CC. The van der Waals surface area contributed by atoms with Crippen molar-refractivity contribution in [3.8, 4) is 0 Å². The van der Waals surface area contributed by atoms with Crippen molar-refractivity contribution in [3.05, 3.63) is 0 Å². The van der Waals surface area contributed by atoms with Crippen LogP contribution in [0.2, 0.25) is 0 Å². The molecule has 0 rings (SSSR count). The molecule has 2 unspecified atom stereocenters. The molecule has 3 N–H and O–H groups in total. The number of aliphatic hydroxyl groups excluding tert-OH is 2. The number of rotatable bonds is 9. The van der Waals surface area contributed by atoms with Gasteiger partial charge in [-0.3, -0.25) is 4.79 Å². The van der Waals surface area contributed by atoms with Gasteiger partial charge in [0, 0.05) is 6.54 Å². The maximum absolute atomic E-state index is 11.0. The van der Waals surface area contributed by atoms with Gasteiger partial charge in [0.25, 0.3) is 0 Å². The highest BCUT2D eigenvalue weighted by Gasteiger charge is 2.11.